The van der Waals surface area contributed by atoms with Crippen LogP contribution in [0.2, 0.25) is 0 Å². The van der Waals surface area contributed by atoms with Gasteiger partial charge in [-0.25, -0.2) is 19.1 Å². The summed E-state index contributed by atoms with van der Waals surface area (Å²) >= 11 is 0. The topological polar surface area (TPSA) is 134 Å². The van der Waals surface area contributed by atoms with Crippen molar-refractivity contribution >= 4 is 11.7 Å². The normalized spacial score (nSPS) is 14.6. The highest BCUT2D eigenvalue weighted by atomic mass is 16.5. The van der Waals surface area contributed by atoms with Gasteiger partial charge in [-0.2, -0.15) is 4.68 Å². The van der Waals surface area contributed by atoms with Gasteiger partial charge in [-0.05, 0) is 55.5 Å². The predicted molar refractivity (Wildman–Crippen MR) is 130 cm³/mol. The van der Waals surface area contributed by atoms with Gasteiger partial charge in [0.05, 0.1) is 24.8 Å². The molecule has 1 fully saturated rings. The van der Waals surface area contributed by atoms with Crippen LogP contribution in [-0.2, 0) is 17.9 Å². The number of carboxylic acids is 1. The Balaban J connectivity index is 1.79. The Morgan fingerprint density at radius 2 is 1.74 bits per heavy atom. The molecule has 0 amide bonds. The number of hydrogen-bond acceptors (Lipinski definition) is 6. The Hall–Kier alpha value is -4.08. The third kappa shape index (κ3) is 5.71. The maximum absolute atomic E-state index is 13.4. The summed E-state index contributed by atoms with van der Waals surface area (Å²) < 4.78 is 8.64. The van der Waals surface area contributed by atoms with Crippen LogP contribution in [0.5, 0.6) is 5.75 Å². The number of aromatic nitrogens is 3. The number of nitrogens with two attached hydrogens (primary N) is 1. The molecule has 10 heteroatoms. The van der Waals surface area contributed by atoms with E-state index in [1.165, 1.54) is 24.3 Å². The Labute approximate surface area is 201 Å². The summed E-state index contributed by atoms with van der Waals surface area (Å²) in [5.41, 5.74) is 0.765. The van der Waals surface area contributed by atoms with Crippen LogP contribution in [0.3, 0.4) is 0 Å². The number of carbonyl (C=O) groups is 1. The van der Waals surface area contributed by atoms with Gasteiger partial charge in [0.1, 0.15) is 5.75 Å². The number of nitrogens with zero attached hydrogens (tertiary/aromatic N) is 4. The highest BCUT2D eigenvalue weighted by molar-refractivity contribution is 5.69. The molecule has 35 heavy (non-hydrogen) atoms. The molecule has 0 radical (unpaired) electrons. The molecule has 1 aliphatic rings. The summed E-state index contributed by atoms with van der Waals surface area (Å²) in [4.78, 5) is 42.2. The molecule has 184 valence electrons. The third-order valence-electron chi connectivity index (χ3n) is 5.94. The molecule has 2 aromatic carbocycles. The molecule has 1 aromatic heterocycles. The first-order valence-corrected chi connectivity index (χ1v) is 11.5. The van der Waals surface area contributed by atoms with Gasteiger partial charge in [0.2, 0.25) is 5.62 Å². The number of ether oxygens (including phenoxy) is 1. The van der Waals surface area contributed by atoms with Crippen molar-refractivity contribution in [2.24, 2.45) is 16.8 Å². The monoisotopic (exact) mass is 479 g/mol. The van der Waals surface area contributed by atoms with Crippen molar-refractivity contribution in [1.82, 2.24) is 13.8 Å². The zero-order chi connectivity index (χ0) is 25.1. The molecule has 0 aliphatic heterocycles. The lowest BCUT2D eigenvalue weighted by atomic mass is 10.1. The highest BCUT2D eigenvalue weighted by Gasteiger charge is 2.22. The van der Waals surface area contributed by atoms with E-state index in [1.54, 1.807) is 24.3 Å². The molecule has 1 heterocycles. The average Bonchev–Trinajstić information content (AvgIpc) is 3.67. The van der Waals surface area contributed by atoms with Crippen LogP contribution in [0.15, 0.2) is 63.1 Å². The van der Waals surface area contributed by atoms with Crippen molar-refractivity contribution in [3.8, 4) is 5.75 Å². The van der Waals surface area contributed by atoms with E-state index >= 15 is 0 Å². The van der Waals surface area contributed by atoms with Gasteiger partial charge in [0, 0.05) is 6.54 Å². The van der Waals surface area contributed by atoms with Crippen LogP contribution in [0, 0.1) is 18.8 Å². The van der Waals surface area contributed by atoms with Crippen molar-refractivity contribution < 1.29 is 14.6 Å². The summed E-state index contributed by atoms with van der Waals surface area (Å²) in [5.74, 6) is 5.37. The molecule has 4 rings (SSSR count). The Morgan fingerprint density at radius 3 is 2.34 bits per heavy atom. The minimum absolute atomic E-state index is 0.0496. The Bertz CT molecular complexity index is 1400. The van der Waals surface area contributed by atoms with Crippen molar-refractivity contribution in [2.45, 2.75) is 39.8 Å². The van der Waals surface area contributed by atoms with Gasteiger partial charge in [-0.15, -0.1) is 0 Å². The molecule has 0 unspecified atom stereocenters. The largest absolute Gasteiger partial charge is 0.493 e. The maximum atomic E-state index is 13.4. The van der Waals surface area contributed by atoms with Gasteiger partial charge >= 0.3 is 17.3 Å². The fraction of sp³-hybridized carbons (Fsp3) is 0.360. The van der Waals surface area contributed by atoms with Gasteiger partial charge in [-0.1, -0.05) is 36.8 Å². The van der Waals surface area contributed by atoms with E-state index in [0.717, 1.165) is 20.4 Å². The fourth-order valence-corrected chi connectivity index (χ4v) is 3.53. The number of rotatable bonds is 9. The second kappa shape index (κ2) is 10.0. The first-order valence-electron chi connectivity index (χ1n) is 11.5. The van der Waals surface area contributed by atoms with Crippen LogP contribution in [0.4, 0.5) is 5.69 Å². The standard InChI is InChI=1S/C25H29N5O5/c1-16-3-5-18(6-4-16)14-28-23(27-20-9-11-21(12-10-20)35-15-19-7-8-19)30(26)25(34)29(24(28)33)13-17(2)22(31)32/h3-6,9-12,17,19H,7-8,13-15,26H2,1-2H3,(H,31,32)/t17-/m0/s1. The van der Waals surface area contributed by atoms with E-state index in [9.17, 15) is 19.5 Å². The molecular weight excluding hydrogens is 450 g/mol. The second-order valence-electron chi connectivity index (χ2n) is 9.02. The lowest BCUT2D eigenvalue weighted by Crippen LogP contribution is -2.58. The first-order chi connectivity index (χ1) is 16.7. The number of carboxylic acid groups (broad SMARTS) is 1. The zero-order valence-corrected chi connectivity index (χ0v) is 19.8. The van der Waals surface area contributed by atoms with Crippen LogP contribution in [-0.4, -0.2) is 31.5 Å². The van der Waals surface area contributed by atoms with Crippen molar-refractivity contribution in [1.29, 1.82) is 0 Å². The highest BCUT2D eigenvalue weighted by Crippen LogP contribution is 2.29. The van der Waals surface area contributed by atoms with E-state index in [-0.39, 0.29) is 18.7 Å². The third-order valence-corrected chi connectivity index (χ3v) is 5.94. The van der Waals surface area contributed by atoms with Gasteiger partial charge in [-0.3, -0.25) is 9.36 Å². The Kier molecular flexibility index (Phi) is 6.90. The molecule has 3 aromatic rings. The fourth-order valence-electron chi connectivity index (χ4n) is 3.53. The molecule has 0 bridgehead atoms. The minimum atomic E-state index is -1.12. The summed E-state index contributed by atoms with van der Waals surface area (Å²) in [5, 5.41) is 9.28. The zero-order valence-electron chi connectivity index (χ0n) is 19.8. The van der Waals surface area contributed by atoms with Crippen LogP contribution >= 0.6 is 0 Å². The average molecular weight is 480 g/mol. The van der Waals surface area contributed by atoms with Crippen LogP contribution < -0.4 is 27.6 Å². The number of aliphatic carboxylic acids is 1. The molecular formula is C25H29N5O5. The first kappa shape index (κ1) is 24.1. The molecule has 1 atom stereocenters. The van der Waals surface area contributed by atoms with Crippen molar-refractivity contribution in [3.63, 3.8) is 0 Å². The summed E-state index contributed by atoms with van der Waals surface area (Å²) in [7, 11) is 0. The minimum Gasteiger partial charge on any atom is -0.493 e. The SMILES string of the molecule is Cc1ccc(Cn2c(=Nc3ccc(OCC4CC4)cc3)n(N)c(=O)n(C[C@H](C)C(=O)O)c2=O)cc1. The molecule has 0 saturated heterocycles. The van der Waals surface area contributed by atoms with Gasteiger partial charge in [0.15, 0.2) is 0 Å². The number of hydrogen-bond donors (Lipinski definition) is 2. The van der Waals surface area contributed by atoms with Crippen molar-refractivity contribution in [2.75, 3.05) is 12.4 Å². The van der Waals surface area contributed by atoms with E-state index in [0.29, 0.717) is 24.0 Å². The number of aryl methyl sites for hydroxylation is 1. The van der Waals surface area contributed by atoms with E-state index < -0.39 is 23.3 Å². The Morgan fingerprint density at radius 1 is 1.09 bits per heavy atom. The molecule has 0 spiro atoms. The summed E-state index contributed by atoms with van der Waals surface area (Å²) in [6.07, 6.45) is 2.39. The quantitative estimate of drug-likeness (QED) is 0.448. The molecule has 3 N–H and O–H groups in total. The van der Waals surface area contributed by atoms with E-state index in [1.807, 2.05) is 31.2 Å². The second-order valence-corrected chi connectivity index (χ2v) is 9.02. The molecule has 1 aliphatic carbocycles. The van der Waals surface area contributed by atoms with Gasteiger partial charge < -0.3 is 15.7 Å². The lowest BCUT2D eigenvalue weighted by Gasteiger charge is -2.15. The van der Waals surface area contributed by atoms with Gasteiger partial charge in [0.25, 0.3) is 0 Å². The maximum Gasteiger partial charge on any atom is 0.353 e. The van der Waals surface area contributed by atoms with E-state index in [4.69, 9.17) is 10.6 Å². The smallest absolute Gasteiger partial charge is 0.353 e. The van der Waals surface area contributed by atoms with Crippen LogP contribution in [0.1, 0.15) is 30.9 Å². The summed E-state index contributed by atoms with van der Waals surface area (Å²) in [6.45, 7) is 3.84. The van der Waals surface area contributed by atoms with Crippen LogP contribution in [0.25, 0.3) is 0 Å². The number of benzene rings is 2. The molecule has 10 nitrogen and oxygen atoms in total. The predicted octanol–water partition coefficient (Wildman–Crippen LogP) is 1.62. The molecule has 1 saturated carbocycles. The van der Waals surface area contributed by atoms with Crippen molar-refractivity contribution in [3.05, 3.63) is 86.2 Å². The summed E-state index contributed by atoms with van der Waals surface area (Å²) in [6, 6.07) is 14.6. The number of nitrogen functional groups attached to an aromatic ring is 1. The lowest BCUT2D eigenvalue weighted by molar-refractivity contribution is -0.141. The van der Waals surface area contributed by atoms with E-state index in [2.05, 4.69) is 4.99 Å².